The van der Waals surface area contributed by atoms with Crippen LogP contribution in [0.15, 0.2) is 12.1 Å². The summed E-state index contributed by atoms with van der Waals surface area (Å²) in [6, 6.07) is 3.65. The van der Waals surface area contributed by atoms with Gasteiger partial charge in [0, 0.05) is 11.6 Å². The number of hydrogen-bond donors (Lipinski definition) is 0. The van der Waals surface area contributed by atoms with E-state index in [1.165, 1.54) is 57.8 Å². The summed E-state index contributed by atoms with van der Waals surface area (Å²) >= 11 is 0. The lowest BCUT2D eigenvalue weighted by atomic mass is 9.98. The molecule has 1 heterocycles. The van der Waals surface area contributed by atoms with Gasteiger partial charge in [0.25, 0.3) is 0 Å². The maximum atomic E-state index is 12.2. The first-order valence-corrected chi connectivity index (χ1v) is 10.2. The van der Waals surface area contributed by atoms with Crippen LogP contribution in [0, 0.1) is 0 Å². The van der Waals surface area contributed by atoms with Crippen molar-refractivity contribution in [3.8, 4) is 11.5 Å². The molecule has 26 heavy (non-hydrogen) atoms. The van der Waals surface area contributed by atoms with Gasteiger partial charge in [-0.15, -0.1) is 0 Å². The van der Waals surface area contributed by atoms with Crippen LogP contribution in [0.3, 0.4) is 0 Å². The number of carbonyl (C=O) groups is 1. The van der Waals surface area contributed by atoms with Crippen molar-refractivity contribution in [1.82, 2.24) is 0 Å². The minimum absolute atomic E-state index is 0.171. The topological polar surface area (TPSA) is 44.8 Å². The zero-order chi connectivity index (χ0) is 18.8. The van der Waals surface area contributed by atoms with Gasteiger partial charge < -0.3 is 14.2 Å². The maximum Gasteiger partial charge on any atom is 0.342 e. The van der Waals surface area contributed by atoms with E-state index in [2.05, 4.69) is 6.92 Å². The van der Waals surface area contributed by atoms with E-state index in [0.29, 0.717) is 17.1 Å². The lowest BCUT2D eigenvalue weighted by Gasteiger charge is -2.12. The molecule has 0 fully saturated rings. The number of cyclic esters (lactones) is 1. The summed E-state index contributed by atoms with van der Waals surface area (Å²) < 4.78 is 16.2. The average Bonchev–Trinajstić information content (AvgIpc) is 2.98. The predicted molar refractivity (Wildman–Crippen MR) is 104 cm³/mol. The molecule has 0 N–H and O–H groups in total. The Bertz CT molecular complexity index is 568. The van der Waals surface area contributed by atoms with E-state index < -0.39 is 0 Å². The third kappa shape index (κ3) is 5.65. The van der Waals surface area contributed by atoms with Gasteiger partial charge >= 0.3 is 5.97 Å². The second-order valence-corrected chi connectivity index (χ2v) is 7.16. The summed E-state index contributed by atoms with van der Waals surface area (Å²) in [4.78, 5) is 12.2. The van der Waals surface area contributed by atoms with Crippen molar-refractivity contribution >= 4 is 5.97 Å². The van der Waals surface area contributed by atoms with Gasteiger partial charge in [-0.05, 0) is 18.9 Å². The molecule has 0 unspecified atom stereocenters. The Hall–Kier alpha value is -1.71. The summed E-state index contributed by atoms with van der Waals surface area (Å²) in [5.41, 5.74) is 1.47. The van der Waals surface area contributed by atoms with Crippen LogP contribution >= 0.6 is 0 Å². The zero-order valence-electron chi connectivity index (χ0n) is 16.6. The van der Waals surface area contributed by atoms with Gasteiger partial charge in [0.2, 0.25) is 0 Å². The van der Waals surface area contributed by atoms with Crippen LogP contribution in [-0.4, -0.2) is 20.2 Å². The van der Waals surface area contributed by atoms with Crippen molar-refractivity contribution in [1.29, 1.82) is 0 Å². The monoisotopic (exact) mass is 362 g/mol. The van der Waals surface area contributed by atoms with Crippen LogP contribution in [-0.2, 0) is 4.74 Å². The first kappa shape index (κ1) is 20.6. The molecule has 1 aliphatic heterocycles. The van der Waals surface area contributed by atoms with Crippen LogP contribution < -0.4 is 9.47 Å². The first-order valence-electron chi connectivity index (χ1n) is 10.2. The Morgan fingerprint density at radius 1 is 0.885 bits per heavy atom. The van der Waals surface area contributed by atoms with E-state index in [-0.39, 0.29) is 12.1 Å². The molecule has 1 aromatic rings. The van der Waals surface area contributed by atoms with Crippen molar-refractivity contribution < 1.29 is 19.0 Å². The van der Waals surface area contributed by atoms with Crippen LogP contribution in [0.25, 0.3) is 0 Å². The molecule has 4 heteroatoms. The third-order valence-electron chi connectivity index (χ3n) is 5.18. The van der Waals surface area contributed by atoms with Crippen molar-refractivity contribution in [2.45, 2.75) is 83.7 Å². The molecular weight excluding hydrogens is 328 g/mol. The van der Waals surface area contributed by atoms with Gasteiger partial charge in [-0.25, -0.2) is 4.79 Å². The van der Waals surface area contributed by atoms with Gasteiger partial charge in [0.1, 0.15) is 23.2 Å². The number of esters is 1. The molecule has 0 radical (unpaired) electrons. The molecule has 0 saturated carbocycles. The molecule has 0 aliphatic carbocycles. The Kier molecular flexibility index (Phi) is 8.79. The molecule has 0 amide bonds. The largest absolute Gasteiger partial charge is 0.497 e. The minimum atomic E-state index is -0.281. The summed E-state index contributed by atoms with van der Waals surface area (Å²) in [6.45, 7) is 2.26. The highest BCUT2D eigenvalue weighted by Crippen LogP contribution is 2.41. The zero-order valence-corrected chi connectivity index (χ0v) is 16.6. The molecule has 1 aromatic carbocycles. The summed E-state index contributed by atoms with van der Waals surface area (Å²) in [5, 5.41) is 0. The number of hydrogen-bond acceptors (Lipinski definition) is 4. The first-order chi connectivity index (χ1) is 12.7. The second-order valence-electron chi connectivity index (χ2n) is 7.16. The van der Waals surface area contributed by atoms with E-state index in [4.69, 9.17) is 14.2 Å². The van der Waals surface area contributed by atoms with Crippen LogP contribution in [0.5, 0.6) is 11.5 Å². The number of fused-ring (bicyclic) bond motifs is 1. The van der Waals surface area contributed by atoms with Gasteiger partial charge in [0.05, 0.1) is 14.2 Å². The van der Waals surface area contributed by atoms with Crippen molar-refractivity contribution in [2.75, 3.05) is 14.2 Å². The molecule has 146 valence electrons. The van der Waals surface area contributed by atoms with Gasteiger partial charge in [-0.1, -0.05) is 64.7 Å². The molecule has 1 aliphatic rings. The summed E-state index contributed by atoms with van der Waals surface area (Å²) in [6.07, 6.45) is 13.7. The lowest BCUT2D eigenvalue weighted by molar-refractivity contribution is 0.0361. The highest BCUT2D eigenvalue weighted by molar-refractivity contribution is 5.97. The Balaban J connectivity index is 1.73. The molecule has 1 atom stereocenters. The summed E-state index contributed by atoms with van der Waals surface area (Å²) in [5.74, 6) is 0.957. The smallest absolute Gasteiger partial charge is 0.342 e. The van der Waals surface area contributed by atoms with Crippen LogP contribution in [0.1, 0.15) is 99.6 Å². The molecular formula is C22H34O4. The predicted octanol–water partition coefficient (Wildman–Crippen LogP) is 6.23. The standard InChI is InChI=1S/C22H34O4/c1-4-5-6-7-8-9-10-11-12-13-14-19-18-15-17(24-2)16-20(25-3)21(18)22(23)26-19/h15-16,19H,4-14H2,1-3H3/t19-/m1/s1. The number of rotatable bonds is 13. The fraction of sp³-hybridized carbons (Fsp3) is 0.682. The highest BCUT2D eigenvalue weighted by atomic mass is 16.6. The Labute approximate surface area is 158 Å². The van der Waals surface area contributed by atoms with Crippen LogP contribution in [0.4, 0.5) is 0 Å². The molecule has 0 spiro atoms. The highest BCUT2D eigenvalue weighted by Gasteiger charge is 2.34. The van der Waals surface area contributed by atoms with Crippen LogP contribution in [0.2, 0.25) is 0 Å². The number of methoxy groups -OCH3 is 2. The van der Waals surface area contributed by atoms with E-state index in [1.807, 2.05) is 6.07 Å². The van der Waals surface area contributed by atoms with Gasteiger partial charge in [0.15, 0.2) is 0 Å². The van der Waals surface area contributed by atoms with E-state index in [9.17, 15) is 4.79 Å². The molecule has 2 rings (SSSR count). The van der Waals surface area contributed by atoms with E-state index >= 15 is 0 Å². The maximum absolute atomic E-state index is 12.2. The number of unbranched alkanes of at least 4 members (excludes halogenated alkanes) is 9. The Morgan fingerprint density at radius 2 is 1.50 bits per heavy atom. The van der Waals surface area contributed by atoms with E-state index in [1.54, 1.807) is 20.3 Å². The number of carbonyl (C=O) groups excluding carboxylic acids is 1. The van der Waals surface area contributed by atoms with Crippen molar-refractivity contribution in [2.24, 2.45) is 0 Å². The van der Waals surface area contributed by atoms with Crippen molar-refractivity contribution in [3.63, 3.8) is 0 Å². The fourth-order valence-electron chi connectivity index (χ4n) is 3.65. The lowest BCUT2D eigenvalue weighted by Crippen LogP contribution is -1.99. The molecule has 0 saturated heterocycles. The quantitative estimate of drug-likeness (QED) is 0.308. The Morgan fingerprint density at radius 3 is 2.08 bits per heavy atom. The molecule has 0 aromatic heterocycles. The number of benzene rings is 1. The summed E-state index contributed by atoms with van der Waals surface area (Å²) in [7, 11) is 3.19. The van der Waals surface area contributed by atoms with Crippen molar-refractivity contribution in [3.05, 3.63) is 23.3 Å². The normalized spacial score (nSPS) is 15.7. The second kappa shape index (κ2) is 11.1. The molecule has 4 nitrogen and oxygen atoms in total. The van der Waals surface area contributed by atoms with Gasteiger partial charge in [-0.3, -0.25) is 0 Å². The fourth-order valence-corrected chi connectivity index (χ4v) is 3.65. The minimum Gasteiger partial charge on any atom is -0.497 e. The SMILES string of the molecule is CCCCCCCCCCCC[C@H]1OC(=O)c2c(OC)cc(OC)cc21. The number of ether oxygens (including phenoxy) is 3. The van der Waals surface area contributed by atoms with E-state index in [0.717, 1.165) is 18.4 Å². The molecule has 0 bridgehead atoms. The average molecular weight is 363 g/mol. The third-order valence-corrected chi connectivity index (χ3v) is 5.18. The van der Waals surface area contributed by atoms with Gasteiger partial charge in [-0.2, -0.15) is 0 Å².